The molecule has 4 rings (SSSR count). The highest BCUT2D eigenvalue weighted by atomic mass is 15.3. The van der Waals surface area contributed by atoms with Gasteiger partial charge in [-0.1, -0.05) is 60.2 Å². The number of aryl methyl sites for hydroxylation is 1. The predicted octanol–water partition coefficient (Wildman–Crippen LogP) is 3.82. The van der Waals surface area contributed by atoms with Gasteiger partial charge in [0.2, 0.25) is 5.95 Å². The van der Waals surface area contributed by atoms with Gasteiger partial charge in [-0.25, -0.2) is 4.98 Å². The molecule has 2 aromatic carbocycles. The maximum absolute atomic E-state index is 4.88. The normalized spacial score (nSPS) is 14.9. The summed E-state index contributed by atoms with van der Waals surface area (Å²) in [6, 6.07) is 21.0. The number of anilines is 2. The van der Waals surface area contributed by atoms with Crippen LogP contribution in [0.15, 0.2) is 60.7 Å². The lowest BCUT2D eigenvalue weighted by Crippen LogP contribution is -2.45. The molecule has 0 unspecified atom stereocenters. The van der Waals surface area contributed by atoms with E-state index in [2.05, 4.69) is 65.5 Å². The molecule has 1 aliphatic rings. The fourth-order valence-corrected chi connectivity index (χ4v) is 3.33. The van der Waals surface area contributed by atoms with Gasteiger partial charge in [0.1, 0.15) is 5.82 Å². The molecule has 1 fully saturated rings. The second kappa shape index (κ2) is 8.40. The Labute approximate surface area is 167 Å². The van der Waals surface area contributed by atoms with Crippen molar-refractivity contribution in [3.63, 3.8) is 0 Å². The zero-order valence-electron chi connectivity index (χ0n) is 16.6. The summed E-state index contributed by atoms with van der Waals surface area (Å²) in [5.74, 6) is 1.67. The minimum absolute atomic E-state index is 0.744. The van der Waals surface area contributed by atoms with E-state index >= 15 is 0 Å². The summed E-state index contributed by atoms with van der Waals surface area (Å²) in [5.41, 5.74) is 4.58. The second-order valence-corrected chi connectivity index (χ2v) is 7.43. The number of piperazine rings is 1. The van der Waals surface area contributed by atoms with Gasteiger partial charge >= 0.3 is 0 Å². The molecule has 0 saturated carbocycles. The fraction of sp³-hybridized carbons (Fsp3) is 0.304. The Bertz CT molecular complexity index is 900. The third-order valence-electron chi connectivity index (χ3n) is 5.16. The summed E-state index contributed by atoms with van der Waals surface area (Å²) in [6.07, 6.45) is 0. The minimum atomic E-state index is 0.744. The van der Waals surface area contributed by atoms with E-state index in [1.54, 1.807) is 0 Å². The Morgan fingerprint density at radius 3 is 2.32 bits per heavy atom. The van der Waals surface area contributed by atoms with Crippen molar-refractivity contribution in [2.24, 2.45) is 0 Å². The molecule has 144 valence electrons. The minimum Gasteiger partial charge on any atom is -0.366 e. The van der Waals surface area contributed by atoms with E-state index in [9.17, 15) is 0 Å². The topological polar surface area (TPSA) is 44.3 Å². The largest absolute Gasteiger partial charge is 0.366 e. The van der Waals surface area contributed by atoms with Crippen LogP contribution in [0.25, 0.3) is 11.3 Å². The van der Waals surface area contributed by atoms with Crippen molar-refractivity contribution in [2.75, 3.05) is 43.4 Å². The zero-order chi connectivity index (χ0) is 19.3. The Kier molecular flexibility index (Phi) is 5.53. The van der Waals surface area contributed by atoms with Crippen molar-refractivity contribution in [1.29, 1.82) is 0 Å². The second-order valence-electron chi connectivity index (χ2n) is 7.43. The molecule has 0 atom stereocenters. The molecule has 0 aliphatic carbocycles. The first-order valence-corrected chi connectivity index (χ1v) is 9.85. The van der Waals surface area contributed by atoms with Gasteiger partial charge in [0, 0.05) is 44.4 Å². The van der Waals surface area contributed by atoms with Gasteiger partial charge in [0.15, 0.2) is 0 Å². The van der Waals surface area contributed by atoms with Crippen LogP contribution < -0.4 is 10.2 Å². The van der Waals surface area contributed by atoms with Gasteiger partial charge < -0.3 is 15.1 Å². The number of nitrogens with one attached hydrogen (secondary N) is 1. The summed E-state index contributed by atoms with van der Waals surface area (Å²) in [5, 5.41) is 3.49. The number of aromatic nitrogens is 2. The number of hydrogen-bond acceptors (Lipinski definition) is 5. The van der Waals surface area contributed by atoms with Crippen LogP contribution in [0, 0.1) is 6.92 Å². The number of likely N-dealkylation sites (N-methyl/N-ethyl adjacent to an activating group) is 1. The van der Waals surface area contributed by atoms with Gasteiger partial charge in [0.05, 0.1) is 5.69 Å². The summed E-state index contributed by atoms with van der Waals surface area (Å²) in [4.78, 5) is 14.3. The van der Waals surface area contributed by atoms with Crippen molar-refractivity contribution in [2.45, 2.75) is 13.5 Å². The van der Waals surface area contributed by atoms with Gasteiger partial charge in [-0.3, -0.25) is 0 Å². The summed E-state index contributed by atoms with van der Waals surface area (Å²) < 4.78 is 0. The van der Waals surface area contributed by atoms with Crippen molar-refractivity contribution in [1.82, 2.24) is 14.9 Å². The third kappa shape index (κ3) is 4.49. The first-order chi connectivity index (χ1) is 13.7. The maximum Gasteiger partial charge on any atom is 0.227 e. The van der Waals surface area contributed by atoms with Crippen LogP contribution >= 0.6 is 0 Å². The first kappa shape index (κ1) is 18.4. The van der Waals surface area contributed by atoms with E-state index in [4.69, 9.17) is 9.97 Å². The molecule has 1 aromatic heterocycles. The molecule has 1 saturated heterocycles. The van der Waals surface area contributed by atoms with E-state index in [1.807, 2.05) is 24.3 Å². The van der Waals surface area contributed by atoms with Crippen molar-refractivity contribution < 1.29 is 0 Å². The Morgan fingerprint density at radius 2 is 1.61 bits per heavy atom. The van der Waals surface area contributed by atoms with Crippen LogP contribution in [0.4, 0.5) is 11.8 Å². The number of nitrogens with zero attached hydrogens (tertiary/aromatic N) is 4. The quantitative estimate of drug-likeness (QED) is 0.737. The lowest BCUT2D eigenvalue weighted by atomic mass is 10.1. The maximum atomic E-state index is 4.88. The lowest BCUT2D eigenvalue weighted by Gasteiger charge is -2.32. The highest BCUT2D eigenvalue weighted by molar-refractivity contribution is 5.64. The molecule has 3 aromatic rings. The molecule has 5 nitrogen and oxygen atoms in total. The average molecular weight is 374 g/mol. The zero-order valence-corrected chi connectivity index (χ0v) is 16.6. The smallest absolute Gasteiger partial charge is 0.227 e. The monoisotopic (exact) mass is 373 g/mol. The number of rotatable bonds is 5. The molecule has 28 heavy (non-hydrogen) atoms. The van der Waals surface area contributed by atoms with Crippen LogP contribution in [0.3, 0.4) is 0 Å². The molecule has 0 amide bonds. The van der Waals surface area contributed by atoms with Crippen LogP contribution in [-0.4, -0.2) is 48.1 Å². The van der Waals surface area contributed by atoms with Gasteiger partial charge in [-0.2, -0.15) is 4.98 Å². The van der Waals surface area contributed by atoms with E-state index in [-0.39, 0.29) is 0 Å². The highest BCUT2D eigenvalue weighted by Crippen LogP contribution is 2.24. The van der Waals surface area contributed by atoms with Crippen LogP contribution in [0.1, 0.15) is 11.1 Å². The summed E-state index contributed by atoms with van der Waals surface area (Å²) in [6.45, 7) is 6.82. The third-order valence-corrected chi connectivity index (χ3v) is 5.16. The van der Waals surface area contributed by atoms with Gasteiger partial charge in [0.25, 0.3) is 0 Å². The van der Waals surface area contributed by atoms with Crippen molar-refractivity contribution in [3.8, 4) is 11.3 Å². The van der Waals surface area contributed by atoms with E-state index in [1.165, 1.54) is 11.1 Å². The molecule has 0 radical (unpaired) electrons. The van der Waals surface area contributed by atoms with Crippen LogP contribution in [0.5, 0.6) is 0 Å². The molecule has 0 spiro atoms. The standard InChI is InChI=1S/C23H27N5/c1-18-8-10-19(11-9-18)17-24-22-16-21(20-6-4-3-5-7-20)25-23(26-22)28-14-12-27(2)13-15-28/h3-11,16H,12-15,17H2,1-2H3,(H,24,25,26). The van der Waals surface area contributed by atoms with Crippen LogP contribution in [0.2, 0.25) is 0 Å². The average Bonchev–Trinajstić information content (AvgIpc) is 2.74. The predicted molar refractivity (Wildman–Crippen MR) is 116 cm³/mol. The lowest BCUT2D eigenvalue weighted by molar-refractivity contribution is 0.311. The molecule has 1 N–H and O–H groups in total. The fourth-order valence-electron chi connectivity index (χ4n) is 3.33. The highest BCUT2D eigenvalue weighted by Gasteiger charge is 2.18. The number of benzene rings is 2. The Morgan fingerprint density at radius 1 is 0.893 bits per heavy atom. The molecule has 2 heterocycles. The molecule has 0 bridgehead atoms. The summed E-state index contributed by atoms with van der Waals surface area (Å²) >= 11 is 0. The van der Waals surface area contributed by atoms with E-state index in [0.717, 1.165) is 55.7 Å². The number of hydrogen-bond donors (Lipinski definition) is 1. The molecule has 5 heteroatoms. The molecular weight excluding hydrogens is 346 g/mol. The van der Waals surface area contributed by atoms with Gasteiger partial charge in [-0.05, 0) is 19.5 Å². The Hall–Kier alpha value is -2.92. The van der Waals surface area contributed by atoms with Gasteiger partial charge in [-0.15, -0.1) is 0 Å². The summed E-state index contributed by atoms with van der Waals surface area (Å²) in [7, 11) is 2.16. The van der Waals surface area contributed by atoms with Crippen molar-refractivity contribution >= 4 is 11.8 Å². The SMILES string of the molecule is Cc1ccc(CNc2cc(-c3ccccc3)nc(N3CCN(C)CC3)n2)cc1. The van der Waals surface area contributed by atoms with Crippen molar-refractivity contribution in [3.05, 3.63) is 71.8 Å². The van der Waals surface area contributed by atoms with E-state index < -0.39 is 0 Å². The Balaban J connectivity index is 1.60. The van der Waals surface area contributed by atoms with Crippen LogP contribution in [-0.2, 0) is 6.54 Å². The van der Waals surface area contributed by atoms with E-state index in [0.29, 0.717) is 0 Å². The molecule has 1 aliphatic heterocycles. The molecular formula is C23H27N5. The first-order valence-electron chi connectivity index (χ1n) is 9.85.